The number of hydrogen-bond acceptors (Lipinski definition) is 10. The number of aliphatic carboxylic acids is 1. The Morgan fingerprint density at radius 2 is 1.50 bits per heavy atom. The molecule has 2 aromatic rings. The van der Waals surface area contributed by atoms with Crippen LogP contribution in [0, 0.1) is 31.1 Å². The summed E-state index contributed by atoms with van der Waals surface area (Å²) in [5.41, 5.74) is 0.0722. The first-order valence-electron chi connectivity index (χ1n) is 14.4. The lowest BCUT2D eigenvalue weighted by molar-refractivity contribution is -0.394. The molecule has 0 bridgehead atoms. The summed E-state index contributed by atoms with van der Waals surface area (Å²) >= 11 is 6.73. The number of Topliss-reactive ketones (excluding diaryl/α,β-unsaturated/α-hetero) is 2. The summed E-state index contributed by atoms with van der Waals surface area (Å²) < 4.78 is 11.4. The highest BCUT2D eigenvalue weighted by atomic mass is 35.5. The van der Waals surface area contributed by atoms with Crippen molar-refractivity contribution >= 4 is 40.5 Å². The number of nitro groups is 2. The van der Waals surface area contributed by atoms with Gasteiger partial charge in [0.1, 0.15) is 6.54 Å². The van der Waals surface area contributed by atoms with E-state index in [0.29, 0.717) is 40.9 Å². The SMILES string of the molecule is COc1cc(C2C3=C(CC(C)(C)CC3=O)N(CC(=O)O)C3=C2C(=O)CC(C)(C)C3)cc(Cl)c1Oc1ccc([N+](=O)[O-])cc1[N+](=O)[O-]. The molecule has 0 atom stereocenters. The molecule has 1 N–H and O–H groups in total. The maximum Gasteiger partial charge on any atom is 0.323 e. The molecular weight excluding hydrogens is 622 g/mol. The molecule has 13 nitrogen and oxygen atoms in total. The summed E-state index contributed by atoms with van der Waals surface area (Å²) in [7, 11) is 1.32. The molecule has 0 saturated heterocycles. The van der Waals surface area contributed by atoms with Crippen molar-refractivity contribution in [1.82, 2.24) is 4.90 Å². The number of non-ortho nitro benzene ring substituents is 1. The number of halogens is 1. The largest absolute Gasteiger partial charge is 0.493 e. The van der Waals surface area contributed by atoms with Gasteiger partial charge in [-0.05, 0) is 47.4 Å². The fourth-order valence-electron chi connectivity index (χ4n) is 6.67. The van der Waals surface area contributed by atoms with Crippen LogP contribution in [0.1, 0.15) is 64.9 Å². The minimum atomic E-state index is -1.10. The lowest BCUT2D eigenvalue weighted by atomic mass is 9.63. The van der Waals surface area contributed by atoms with E-state index in [-0.39, 0.29) is 46.7 Å². The van der Waals surface area contributed by atoms with E-state index in [1.54, 1.807) is 4.90 Å². The first kappa shape index (κ1) is 32.6. The molecule has 1 aliphatic heterocycles. The molecule has 2 aliphatic carbocycles. The van der Waals surface area contributed by atoms with Gasteiger partial charge in [0.2, 0.25) is 5.75 Å². The Hall–Kier alpha value is -4.78. The molecule has 3 aliphatic rings. The fraction of sp³-hybridized carbons (Fsp3) is 0.406. The number of allylic oxidation sites excluding steroid dienone is 4. The van der Waals surface area contributed by atoms with Gasteiger partial charge in [-0.1, -0.05) is 39.3 Å². The van der Waals surface area contributed by atoms with Crippen LogP contribution in [0.2, 0.25) is 5.02 Å². The molecule has 0 aromatic heterocycles. The van der Waals surface area contributed by atoms with Crippen molar-refractivity contribution in [2.24, 2.45) is 10.8 Å². The number of carbonyl (C=O) groups excluding carboxylic acids is 2. The van der Waals surface area contributed by atoms with E-state index in [1.807, 2.05) is 27.7 Å². The summed E-state index contributed by atoms with van der Waals surface area (Å²) in [6, 6.07) is 5.92. The molecule has 0 spiro atoms. The van der Waals surface area contributed by atoms with Crippen molar-refractivity contribution in [2.75, 3.05) is 13.7 Å². The van der Waals surface area contributed by atoms with Crippen molar-refractivity contribution in [3.63, 3.8) is 0 Å². The molecule has 1 heterocycles. The summed E-state index contributed by atoms with van der Waals surface area (Å²) in [6.07, 6.45) is 1.17. The van der Waals surface area contributed by atoms with E-state index < -0.39 is 50.5 Å². The molecule has 0 saturated carbocycles. The number of carbonyl (C=O) groups is 3. The van der Waals surface area contributed by atoms with Crippen molar-refractivity contribution in [1.29, 1.82) is 0 Å². The standard InChI is InChI=1S/C32H32ClN3O10/c1-31(2)11-20-28(22(37)13-31)27(29-21(34(20)15-26(39)40)12-32(3,4)14-23(29)38)16-8-18(33)30(25(9-16)45-5)46-24-7-6-17(35(41)42)10-19(24)36(43)44/h6-10,27H,11-15H2,1-5H3,(H,39,40). The average Bonchev–Trinajstić information content (AvgIpc) is 2.93. The van der Waals surface area contributed by atoms with Crippen molar-refractivity contribution in [3.05, 3.63) is 83.7 Å². The number of carboxylic acids is 1. The van der Waals surface area contributed by atoms with Gasteiger partial charge in [0.15, 0.2) is 23.1 Å². The molecular formula is C32H32ClN3O10. The zero-order valence-electron chi connectivity index (χ0n) is 25.8. The molecule has 0 unspecified atom stereocenters. The molecule has 5 rings (SSSR count). The quantitative estimate of drug-likeness (QED) is 0.236. The van der Waals surface area contributed by atoms with Gasteiger partial charge in [-0.2, -0.15) is 0 Å². The van der Waals surface area contributed by atoms with Gasteiger partial charge in [-0.25, -0.2) is 0 Å². The Balaban J connectivity index is 1.71. The minimum Gasteiger partial charge on any atom is -0.493 e. The topological polar surface area (TPSA) is 179 Å². The Kier molecular flexibility index (Phi) is 8.18. The van der Waals surface area contributed by atoms with E-state index in [2.05, 4.69) is 0 Å². The van der Waals surface area contributed by atoms with Gasteiger partial charge < -0.3 is 19.5 Å². The third-order valence-corrected chi connectivity index (χ3v) is 8.74. The number of rotatable bonds is 8. The van der Waals surface area contributed by atoms with Crippen LogP contribution in [0.15, 0.2) is 52.9 Å². The highest BCUT2D eigenvalue weighted by Gasteiger charge is 2.49. The third kappa shape index (κ3) is 5.94. The van der Waals surface area contributed by atoms with E-state index in [4.69, 9.17) is 21.1 Å². The molecule has 242 valence electrons. The summed E-state index contributed by atoms with van der Waals surface area (Å²) in [5.74, 6) is -2.83. The Morgan fingerprint density at radius 1 is 0.935 bits per heavy atom. The number of nitrogens with zero attached hydrogens (tertiary/aromatic N) is 3. The van der Waals surface area contributed by atoms with Crippen LogP contribution in [0.25, 0.3) is 0 Å². The summed E-state index contributed by atoms with van der Waals surface area (Å²) in [6.45, 7) is 7.33. The van der Waals surface area contributed by atoms with Crippen LogP contribution in [-0.2, 0) is 14.4 Å². The van der Waals surface area contributed by atoms with Gasteiger partial charge in [0, 0.05) is 47.4 Å². The molecule has 46 heavy (non-hydrogen) atoms. The number of methoxy groups -OCH3 is 1. The maximum atomic E-state index is 13.9. The number of benzene rings is 2. The number of hydrogen-bond donors (Lipinski definition) is 1. The Bertz CT molecular complexity index is 1740. The van der Waals surface area contributed by atoms with Gasteiger partial charge >= 0.3 is 11.7 Å². The van der Waals surface area contributed by atoms with Gasteiger partial charge in [0.05, 0.1) is 28.0 Å². The smallest absolute Gasteiger partial charge is 0.323 e. The zero-order valence-corrected chi connectivity index (χ0v) is 26.6. The summed E-state index contributed by atoms with van der Waals surface area (Å²) in [5, 5.41) is 32.7. The van der Waals surface area contributed by atoms with Crippen LogP contribution in [0.4, 0.5) is 11.4 Å². The molecule has 0 amide bonds. The second kappa shape index (κ2) is 11.5. The maximum absolute atomic E-state index is 13.9. The third-order valence-electron chi connectivity index (χ3n) is 8.46. The number of ether oxygens (including phenoxy) is 2. The van der Waals surface area contributed by atoms with Crippen molar-refractivity contribution < 1.29 is 38.8 Å². The van der Waals surface area contributed by atoms with E-state index >= 15 is 0 Å². The predicted octanol–water partition coefficient (Wildman–Crippen LogP) is 6.73. The normalized spacial score (nSPS) is 19.0. The lowest BCUT2D eigenvalue weighted by Gasteiger charge is -2.48. The number of carboxylic acid groups (broad SMARTS) is 1. The molecule has 0 radical (unpaired) electrons. The Labute approximate surface area is 268 Å². The van der Waals surface area contributed by atoms with E-state index in [1.165, 1.54) is 19.2 Å². The molecule has 2 aromatic carbocycles. The van der Waals surface area contributed by atoms with Crippen LogP contribution >= 0.6 is 11.6 Å². The van der Waals surface area contributed by atoms with Crippen LogP contribution in [0.5, 0.6) is 17.2 Å². The minimum absolute atomic E-state index is 0.0274. The second-order valence-corrected chi connectivity index (χ2v) is 13.7. The van der Waals surface area contributed by atoms with Gasteiger partial charge in [0.25, 0.3) is 5.69 Å². The first-order valence-corrected chi connectivity index (χ1v) is 14.8. The Morgan fingerprint density at radius 3 is 1.98 bits per heavy atom. The summed E-state index contributed by atoms with van der Waals surface area (Å²) in [4.78, 5) is 62.9. The predicted molar refractivity (Wildman–Crippen MR) is 165 cm³/mol. The van der Waals surface area contributed by atoms with E-state index in [0.717, 1.165) is 18.2 Å². The van der Waals surface area contributed by atoms with Crippen LogP contribution < -0.4 is 9.47 Å². The fourth-order valence-corrected chi connectivity index (χ4v) is 6.93. The molecule has 14 heteroatoms. The van der Waals surface area contributed by atoms with Crippen molar-refractivity contribution in [2.45, 2.75) is 59.3 Å². The van der Waals surface area contributed by atoms with E-state index in [9.17, 15) is 39.7 Å². The van der Waals surface area contributed by atoms with Crippen LogP contribution in [-0.4, -0.2) is 51.0 Å². The average molecular weight is 654 g/mol. The highest BCUT2D eigenvalue weighted by molar-refractivity contribution is 6.32. The second-order valence-electron chi connectivity index (χ2n) is 13.3. The number of ketones is 2. The zero-order chi connectivity index (χ0) is 33.9. The van der Waals surface area contributed by atoms with Crippen molar-refractivity contribution in [3.8, 4) is 17.2 Å². The monoisotopic (exact) mass is 653 g/mol. The number of nitro benzene ring substituents is 2. The molecule has 0 fully saturated rings. The lowest BCUT2D eigenvalue weighted by Crippen LogP contribution is -2.45. The highest BCUT2D eigenvalue weighted by Crippen LogP contribution is 2.55. The van der Waals surface area contributed by atoms with Gasteiger partial charge in [-0.3, -0.25) is 34.6 Å². The van der Waals surface area contributed by atoms with Crippen LogP contribution in [0.3, 0.4) is 0 Å². The van der Waals surface area contributed by atoms with Gasteiger partial charge in [-0.15, -0.1) is 0 Å². The first-order chi connectivity index (χ1) is 21.4.